The van der Waals surface area contributed by atoms with E-state index in [1.807, 2.05) is 36.4 Å². The average molecular weight is 462 g/mol. The third-order valence-electron chi connectivity index (χ3n) is 4.15. The molecule has 0 aliphatic heterocycles. The first-order chi connectivity index (χ1) is 12.9. The highest BCUT2D eigenvalue weighted by Gasteiger charge is 2.21. The Morgan fingerprint density at radius 1 is 0.963 bits per heavy atom. The van der Waals surface area contributed by atoms with Crippen LogP contribution < -0.4 is 0 Å². The van der Waals surface area contributed by atoms with Gasteiger partial charge >= 0.3 is 5.97 Å². The van der Waals surface area contributed by atoms with Gasteiger partial charge in [0, 0.05) is 26.8 Å². The summed E-state index contributed by atoms with van der Waals surface area (Å²) >= 11 is 15.6. The van der Waals surface area contributed by atoms with Gasteiger partial charge in [-0.2, -0.15) is 0 Å². The van der Waals surface area contributed by atoms with E-state index in [9.17, 15) is 9.90 Å². The predicted octanol–water partition coefficient (Wildman–Crippen LogP) is 6.44. The highest BCUT2D eigenvalue weighted by atomic mass is 79.9. The first-order valence-electron chi connectivity index (χ1n) is 7.91. The number of carboxylic acids is 1. The Balaban J connectivity index is 2.10. The van der Waals surface area contributed by atoms with Crippen molar-refractivity contribution in [2.45, 2.75) is 0 Å². The van der Waals surface area contributed by atoms with Crippen molar-refractivity contribution in [2.75, 3.05) is 0 Å². The van der Waals surface area contributed by atoms with Gasteiger partial charge < -0.3 is 5.11 Å². The third kappa shape index (κ3) is 3.34. The van der Waals surface area contributed by atoms with Crippen molar-refractivity contribution in [3.8, 4) is 22.5 Å². The van der Waals surface area contributed by atoms with Crippen LogP contribution in [0.1, 0.15) is 10.4 Å². The molecule has 134 valence electrons. The molecule has 0 atom stereocenters. The third-order valence-corrected chi connectivity index (χ3v) is 5.14. The van der Waals surface area contributed by atoms with E-state index >= 15 is 0 Å². The number of rotatable bonds is 3. The van der Waals surface area contributed by atoms with E-state index in [1.54, 1.807) is 22.7 Å². The number of imidazole rings is 1. The van der Waals surface area contributed by atoms with Gasteiger partial charge in [0.25, 0.3) is 0 Å². The summed E-state index contributed by atoms with van der Waals surface area (Å²) in [5, 5.41) is 10.5. The van der Waals surface area contributed by atoms with Crippen LogP contribution in [-0.2, 0) is 0 Å². The summed E-state index contributed by atoms with van der Waals surface area (Å²) in [5.74, 6) is -1.09. The molecule has 2 aromatic carbocycles. The molecule has 1 N–H and O–H groups in total. The van der Waals surface area contributed by atoms with E-state index < -0.39 is 5.97 Å². The summed E-state index contributed by atoms with van der Waals surface area (Å²) in [6.07, 6.45) is 1.67. The molecule has 4 aromatic rings. The smallest absolute Gasteiger partial charge is 0.339 e. The fourth-order valence-corrected chi connectivity index (χ4v) is 3.56. The van der Waals surface area contributed by atoms with E-state index in [4.69, 9.17) is 23.2 Å². The molecule has 0 bridgehead atoms. The van der Waals surface area contributed by atoms with E-state index in [2.05, 4.69) is 20.9 Å². The molecule has 4 rings (SSSR count). The zero-order valence-electron chi connectivity index (χ0n) is 13.7. The van der Waals surface area contributed by atoms with Crippen molar-refractivity contribution in [3.63, 3.8) is 0 Å². The summed E-state index contributed by atoms with van der Waals surface area (Å²) in [6, 6.07) is 16.4. The molecular weight excluding hydrogens is 451 g/mol. The molecule has 0 spiro atoms. The second-order valence-electron chi connectivity index (χ2n) is 5.89. The first-order valence-corrected chi connectivity index (χ1v) is 9.45. The van der Waals surface area contributed by atoms with Crippen LogP contribution in [0.3, 0.4) is 0 Å². The number of pyridine rings is 1. The number of fused-ring (bicyclic) bond motifs is 1. The highest BCUT2D eigenvalue weighted by molar-refractivity contribution is 9.10. The van der Waals surface area contributed by atoms with E-state index in [-0.39, 0.29) is 5.56 Å². The van der Waals surface area contributed by atoms with Gasteiger partial charge in [0.1, 0.15) is 5.56 Å². The second-order valence-corrected chi connectivity index (χ2v) is 7.68. The van der Waals surface area contributed by atoms with Crippen LogP contribution in [0.5, 0.6) is 0 Å². The number of hydrogen-bond donors (Lipinski definition) is 1. The lowest BCUT2D eigenvalue weighted by molar-refractivity contribution is 0.0698. The molecular formula is C20H11BrCl2N2O2. The molecule has 0 saturated carbocycles. The summed E-state index contributed by atoms with van der Waals surface area (Å²) in [5.41, 5.74) is 3.49. The van der Waals surface area contributed by atoms with Crippen molar-refractivity contribution in [1.29, 1.82) is 0 Å². The molecule has 4 nitrogen and oxygen atoms in total. The number of nitrogens with zero attached hydrogens (tertiary/aromatic N) is 2. The summed E-state index contributed by atoms with van der Waals surface area (Å²) in [6.45, 7) is 0. The predicted molar refractivity (Wildman–Crippen MR) is 111 cm³/mol. The number of benzene rings is 2. The lowest BCUT2D eigenvalue weighted by Gasteiger charge is -2.07. The molecule has 0 aliphatic rings. The molecule has 0 unspecified atom stereocenters. The number of carboxylic acid groups (broad SMARTS) is 1. The molecule has 0 radical (unpaired) electrons. The molecule has 2 aromatic heterocycles. The number of aromatic nitrogens is 2. The van der Waals surface area contributed by atoms with E-state index in [0.717, 1.165) is 21.3 Å². The van der Waals surface area contributed by atoms with Gasteiger partial charge in [-0.15, -0.1) is 0 Å². The van der Waals surface area contributed by atoms with Crippen molar-refractivity contribution < 1.29 is 9.90 Å². The van der Waals surface area contributed by atoms with Gasteiger partial charge in [-0.25, -0.2) is 9.78 Å². The van der Waals surface area contributed by atoms with Crippen LogP contribution in [-0.4, -0.2) is 20.5 Å². The van der Waals surface area contributed by atoms with Gasteiger partial charge in [0.2, 0.25) is 0 Å². The van der Waals surface area contributed by atoms with Crippen molar-refractivity contribution in [2.24, 2.45) is 0 Å². The van der Waals surface area contributed by atoms with Gasteiger partial charge in [-0.05, 0) is 30.3 Å². The van der Waals surface area contributed by atoms with Gasteiger partial charge in [0.15, 0.2) is 5.65 Å². The van der Waals surface area contributed by atoms with Gasteiger partial charge in [-0.1, -0.05) is 63.4 Å². The van der Waals surface area contributed by atoms with Gasteiger partial charge in [-0.3, -0.25) is 4.40 Å². The molecule has 7 heteroatoms. The van der Waals surface area contributed by atoms with Crippen molar-refractivity contribution >= 4 is 50.7 Å². The Morgan fingerprint density at radius 2 is 1.59 bits per heavy atom. The van der Waals surface area contributed by atoms with Crippen LogP contribution >= 0.6 is 39.1 Å². The average Bonchev–Trinajstić information content (AvgIpc) is 3.01. The maximum absolute atomic E-state index is 11.7. The normalized spacial score (nSPS) is 11.1. The van der Waals surface area contributed by atoms with Crippen LogP contribution in [0.4, 0.5) is 0 Å². The van der Waals surface area contributed by atoms with E-state index in [1.165, 1.54) is 6.07 Å². The molecule has 0 aliphatic carbocycles. The zero-order chi connectivity index (χ0) is 19.1. The minimum Gasteiger partial charge on any atom is -0.478 e. The van der Waals surface area contributed by atoms with Crippen LogP contribution in [0.15, 0.2) is 65.3 Å². The lowest BCUT2D eigenvalue weighted by Crippen LogP contribution is -2.01. The minimum absolute atomic E-state index is 0.0427. The summed E-state index contributed by atoms with van der Waals surface area (Å²) in [7, 11) is 0. The van der Waals surface area contributed by atoms with Crippen LogP contribution in [0.25, 0.3) is 28.2 Å². The van der Waals surface area contributed by atoms with Crippen LogP contribution in [0, 0.1) is 0 Å². The second kappa shape index (κ2) is 7.00. The van der Waals surface area contributed by atoms with Crippen molar-refractivity contribution in [3.05, 3.63) is 80.9 Å². The molecule has 27 heavy (non-hydrogen) atoms. The number of aromatic carboxylic acids is 1. The Bertz CT molecular complexity index is 1170. The minimum atomic E-state index is -1.09. The first kappa shape index (κ1) is 18.0. The SMILES string of the molecule is O=C(O)c1cc(Cl)cn2c(-c3ccc(Cl)cc3)c(-c3ccc(Br)cc3)nc12. The maximum atomic E-state index is 11.7. The van der Waals surface area contributed by atoms with Gasteiger partial charge in [0.05, 0.1) is 16.4 Å². The molecule has 2 heterocycles. The summed E-state index contributed by atoms with van der Waals surface area (Å²) < 4.78 is 2.66. The lowest BCUT2D eigenvalue weighted by atomic mass is 10.0. The Hall–Kier alpha value is -2.34. The number of halogens is 3. The quantitative estimate of drug-likeness (QED) is 0.382. The fourth-order valence-electron chi connectivity index (χ4n) is 2.96. The highest BCUT2D eigenvalue weighted by Crippen LogP contribution is 2.35. The maximum Gasteiger partial charge on any atom is 0.339 e. The number of carbonyl (C=O) groups is 1. The topological polar surface area (TPSA) is 54.6 Å². The Morgan fingerprint density at radius 3 is 2.22 bits per heavy atom. The zero-order valence-corrected chi connectivity index (χ0v) is 16.8. The number of hydrogen-bond acceptors (Lipinski definition) is 2. The largest absolute Gasteiger partial charge is 0.478 e. The fraction of sp³-hybridized carbons (Fsp3) is 0. The molecule has 0 saturated heterocycles. The molecule has 0 amide bonds. The standard InChI is InChI=1S/C20H11BrCl2N2O2/c21-13-5-1-11(2-6-13)17-18(12-3-7-14(22)8-4-12)25-10-15(23)9-16(20(26)27)19(25)24-17/h1-10H,(H,26,27). The van der Waals surface area contributed by atoms with E-state index in [0.29, 0.717) is 21.4 Å². The van der Waals surface area contributed by atoms with Crippen molar-refractivity contribution in [1.82, 2.24) is 9.38 Å². The molecule has 0 fully saturated rings. The Kier molecular flexibility index (Phi) is 4.68. The Labute approximate surface area is 173 Å². The monoisotopic (exact) mass is 460 g/mol. The van der Waals surface area contributed by atoms with Crippen LogP contribution in [0.2, 0.25) is 10.0 Å². The summed E-state index contributed by atoms with van der Waals surface area (Å²) in [4.78, 5) is 16.4.